The summed E-state index contributed by atoms with van der Waals surface area (Å²) in [7, 11) is 2.01. The molecule has 1 saturated heterocycles. The van der Waals surface area contributed by atoms with Gasteiger partial charge in [-0.2, -0.15) is 5.10 Å². The fourth-order valence-corrected chi connectivity index (χ4v) is 3.86. The Morgan fingerprint density at radius 2 is 2.07 bits per heavy atom. The highest BCUT2D eigenvalue weighted by Gasteiger charge is 2.26. The van der Waals surface area contributed by atoms with Crippen LogP contribution in [0.15, 0.2) is 30.3 Å². The Balaban J connectivity index is 1.64. The third-order valence-corrected chi connectivity index (χ3v) is 5.50. The van der Waals surface area contributed by atoms with Crippen LogP contribution in [0.3, 0.4) is 0 Å². The van der Waals surface area contributed by atoms with Gasteiger partial charge in [0.2, 0.25) is 0 Å². The number of rotatable bonds is 6. The minimum atomic E-state index is -0.528. The van der Waals surface area contributed by atoms with Crippen molar-refractivity contribution in [2.24, 2.45) is 7.05 Å². The number of aromatic nitrogens is 2. The maximum atomic E-state index is 11.1. The molecule has 2 N–H and O–H groups in total. The van der Waals surface area contributed by atoms with Crippen molar-refractivity contribution in [1.82, 2.24) is 20.2 Å². The SMILES string of the molecule is Cc1nn(C)c(C)c1CC1CCCN1Cc1ccc(/C=C/C(=O)NO)cc1. The summed E-state index contributed by atoms with van der Waals surface area (Å²) in [6.45, 7) is 6.31. The lowest BCUT2D eigenvalue weighted by Crippen LogP contribution is -2.31. The van der Waals surface area contributed by atoms with Gasteiger partial charge in [-0.1, -0.05) is 24.3 Å². The van der Waals surface area contributed by atoms with Gasteiger partial charge in [0.15, 0.2) is 0 Å². The van der Waals surface area contributed by atoms with Gasteiger partial charge in [0, 0.05) is 31.4 Å². The predicted octanol–water partition coefficient (Wildman–Crippen LogP) is 2.76. The number of benzene rings is 1. The Kier molecular flexibility index (Phi) is 6.08. The summed E-state index contributed by atoms with van der Waals surface area (Å²) in [6, 6.07) is 8.76. The largest absolute Gasteiger partial charge is 0.296 e. The summed E-state index contributed by atoms with van der Waals surface area (Å²) >= 11 is 0. The first-order valence-corrected chi connectivity index (χ1v) is 9.42. The van der Waals surface area contributed by atoms with Gasteiger partial charge in [-0.25, -0.2) is 5.48 Å². The molecule has 6 heteroatoms. The molecule has 0 radical (unpaired) electrons. The summed E-state index contributed by atoms with van der Waals surface area (Å²) in [4.78, 5) is 13.6. The molecule has 6 nitrogen and oxygen atoms in total. The van der Waals surface area contributed by atoms with Gasteiger partial charge >= 0.3 is 0 Å². The molecule has 144 valence electrons. The smallest absolute Gasteiger partial charge is 0.267 e. The predicted molar refractivity (Wildman–Crippen MR) is 105 cm³/mol. The van der Waals surface area contributed by atoms with Crippen LogP contribution in [-0.2, 0) is 24.8 Å². The normalized spacial score (nSPS) is 17.7. The zero-order chi connectivity index (χ0) is 19.4. The van der Waals surface area contributed by atoms with Crippen molar-refractivity contribution in [3.8, 4) is 0 Å². The summed E-state index contributed by atoms with van der Waals surface area (Å²) in [5.41, 5.74) is 7.59. The van der Waals surface area contributed by atoms with Crippen LogP contribution >= 0.6 is 0 Å². The number of hydrogen-bond acceptors (Lipinski definition) is 4. The zero-order valence-corrected chi connectivity index (χ0v) is 16.3. The monoisotopic (exact) mass is 368 g/mol. The van der Waals surface area contributed by atoms with Crippen LogP contribution in [0.2, 0.25) is 0 Å². The van der Waals surface area contributed by atoms with E-state index in [1.165, 1.54) is 35.7 Å². The second kappa shape index (κ2) is 8.50. The molecular weight excluding hydrogens is 340 g/mol. The number of amides is 1. The van der Waals surface area contributed by atoms with Crippen LogP contribution in [0, 0.1) is 13.8 Å². The van der Waals surface area contributed by atoms with Gasteiger partial charge in [0.25, 0.3) is 5.91 Å². The summed E-state index contributed by atoms with van der Waals surface area (Å²) in [5, 5.41) is 13.1. The molecule has 1 amide bonds. The third kappa shape index (κ3) is 4.64. The first kappa shape index (κ1) is 19.3. The summed E-state index contributed by atoms with van der Waals surface area (Å²) in [6.07, 6.45) is 6.51. The second-order valence-electron chi connectivity index (χ2n) is 7.29. The maximum absolute atomic E-state index is 11.1. The molecule has 1 unspecified atom stereocenters. The molecule has 0 saturated carbocycles. The van der Waals surface area contributed by atoms with Crippen LogP contribution in [-0.4, -0.2) is 38.4 Å². The van der Waals surface area contributed by atoms with Crippen LogP contribution < -0.4 is 5.48 Å². The second-order valence-corrected chi connectivity index (χ2v) is 7.29. The Labute approximate surface area is 160 Å². The highest BCUT2D eigenvalue weighted by atomic mass is 16.5. The van der Waals surface area contributed by atoms with Crippen LogP contribution in [0.4, 0.5) is 0 Å². The molecule has 0 spiro atoms. The Bertz CT molecular complexity index is 823. The topological polar surface area (TPSA) is 70.4 Å². The Hall–Kier alpha value is -2.44. The minimum Gasteiger partial charge on any atom is -0.296 e. The van der Waals surface area contributed by atoms with E-state index in [0.29, 0.717) is 6.04 Å². The third-order valence-electron chi connectivity index (χ3n) is 5.50. The number of nitrogens with one attached hydrogen (secondary N) is 1. The van der Waals surface area contributed by atoms with Crippen LogP contribution in [0.1, 0.15) is 40.9 Å². The molecule has 1 fully saturated rings. The molecule has 0 aliphatic carbocycles. The summed E-state index contributed by atoms with van der Waals surface area (Å²) < 4.78 is 1.98. The molecule has 2 aromatic rings. The number of nitrogens with zero attached hydrogens (tertiary/aromatic N) is 3. The lowest BCUT2D eigenvalue weighted by Gasteiger charge is -2.25. The van der Waals surface area contributed by atoms with E-state index in [1.54, 1.807) is 11.6 Å². The van der Waals surface area contributed by atoms with E-state index in [4.69, 9.17) is 5.21 Å². The fraction of sp³-hybridized carbons (Fsp3) is 0.429. The molecule has 1 aromatic carbocycles. The van der Waals surface area contributed by atoms with Gasteiger partial charge in [0.05, 0.1) is 5.69 Å². The number of hydroxylamine groups is 1. The maximum Gasteiger partial charge on any atom is 0.267 e. The van der Waals surface area contributed by atoms with Gasteiger partial charge < -0.3 is 0 Å². The van der Waals surface area contributed by atoms with E-state index in [0.717, 1.165) is 30.8 Å². The molecule has 27 heavy (non-hydrogen) atoms. The van der Waals surface area contributed by atoms with Gasteiger partial charge in [-0.3, -0.25) is 19.6 Å². The van der Waals surface area contributed by atoms with E-state index < -0.39 is 5.91 Å². The molecular formula is C21H28N4O2. The van der Waals surface area contributed by atoms with Crippen molar-refractivity contribution < 1.29 is 10.0 Å². The van der Waals surface area contributed by atoms with E-state index in [9.17, 15) is 4.79 Å². The van der Waals surface area contributed by atoms with Crippen molar-refractivity contribution >= 4 is 12.0 Å². The fourth-order valence-electron chi connectivity index (χ4n) is 3.86. The number of carbonyl (C=O) groups excluding carboxylic acids is 1. The highest BCUT2D eigenvalue weighted by Crippen LogP contribution is 2.26. The molecule has 1 atom stereocenters. The van der Waals surface area contributed by atoms with Crippen molar-refractivity contribution in [1.29, 1.82) is 0 Å². The number of aryl methyl sites for hydroxylation is 2. The molecule has 0 bridgehead atoms. The first-order valence-electron chi connectivity index (χ1n) is 9.42. The van der Waals surface area contributed by atoms with Crippen molar-refractivity contribution in [3.05, 3.63) is 58.4 Å². The highest BCUT2D eigenvalue weighted by molar-refractivity contribution is 5.90. The minimum absolute atomic E-state index is 0.528. The summed E-state index contributed by atoms with van der Waals surface area (Å²) in [5.74, 6) is -0.528. The van der Waals surface area contributed by atoms with Crippen LogP contribution in [0.5, 0.6) is 0 Å². The van der Waals surface area contributed by atoms with Crippen LogP contribution in [0.25, 0.3) is 6.08 Å². The number of hydrogen-bond donors (Lipinski definition) is 2. The van der Waals surface area contributed by atoms with Gasteiger partial charge in [-0.15, -0.1) is 0 Å². The molecule has 1 aliphatic heterocycles. The van der Waals surface area contributed by atoms with E-state index in [1.807, 2.05) is 23.9 Å². The van der Waals surface area contributed by atoms with Crippen molar-refractivity contribution in [3.63, 3.8) is 0 Å². The average Bonchev–Trinajstić information content (AvgIpc) is 3.20. The molecule has 3 rings (SSSR count). The van der Waals surface area contributed by atoms with E-state index in [-0.39, 0.29) is 0 Å². The van der Waals surface area contributed by atoms with E-state index in [2.05, 4.69) is 36.0 Å². The standard InChI is InChI=1S/C21H28N4O2/c1-15-20(16(2)24(3)22-15)13-19-5-4-12-25(19)14-18-8-6-17(7-9-18)10-11-21(26)23-27/h6-11,19,27H,4-5,12-14H2,1-3H3,(H,23,26)/b11-10+. The van der Waals surface area contributed by atoms with Crippen molar-refractivity contribution in [2.45, 2.75) is 45.7 Å². The Morgan fingerprint density at radius 3 is 2.70 bits per heavy atom. The first-order chi connectivity index (χ1) is 13.0. The lowest BCUT2D eigenvalue weighted by atomic mass is 10.0. The lowest BCUT2D eigenvalue weighted by molar-refractivity contribution is -0.124. The molecule has 1 aromatic heterocycles. The zero-order valence-electron chi connectivity index (χ0n) is 16.3. The average molecular weight is 368 g/mol. The van der Waals surface area contributed by atoms with Gasteiger partial charge in [0.1, 0.15) is 0 Å². The number of carbonyl (C=O) groups is 1. The molecule has 1 aliphatic rings. The van der Waals surface area contributed by atoms with Crippen molar-refractivity contribution in [2.75, 3.05) is 6.54 Å². The number of likely N-dealkylation sites (tertiary alicyclic amines) is 1. The van der Waals surface area contributed by atoms with E-state index >= 15 is 0 Å². The quantitative estimate of drug-likeness (QED) is 0.467. The van der Waals surface area contributed by atoms with Gasteiger partial charge in [-0.05, 0) is 62.4 Å². The molecule has 2 heterocycles. The Morgan fingerprint density at radius 1 is 1.33 bits per heavy atom.